The molecule has 1 aromatic carbocycles. The standard InChI is InChI=1S/C18H24BrNS/c1-4-7-14-8-6-9-15(12-14)17(20-10-5-2)16-11-13(3)18(19)21-16/h6,8-9,11-12,17,20H,4-5,7,10H2,1-3H3. The number of benzene rings is 1. The Hall–Kier alpha value is -0.640. The summed E-state index contributed by atoms with van der Waals surface area (Å²) in [6.07, 6.45) is 3.50. The van der Waals surface area contributed by atoms with Crippen molar-refractivity contribution in [2.75, 3.05) is 6.54 Å². The first kappa shape index (κ1) is 16.7. The molecule has 0 saturated carbocycles. The highest BCUT2D eigenvalue weighted by molar-refractivity contribution is 9.11. The maximum absolute atomic E-state index is 3.70. The van der Waals surface area contributed by atoms with E-state index in [-0.39, 0.29) is 0 Å². The molecule has 0 amide bonds. The molecule has 0 bridgehead atoms. The van der Waals surface area contributed by atoms with Crippen LogP contribution in [0.3, 0.4) is 0 Å². The number of nitrogens with one attached hydrogen (secondary N) is 1. The van der Waals surface area contributed by atoms with Crippen LogP contribution in [-0.2, 0) is 6.42 Å². The van der Waals surface area contributed by atoms with Crippen LogP contribution < -0.4 is 5.32 Å². The molecule has 1 nitrogen and oxygen atoms in total. The Labute approximate surface area is 140 Å². The van der Waals surface area contributed by atoms with Crippen molar-refractivity contribution in [3.05, 3.63) is 55.7 Å². The highest BCUT2D eigenvalue weighted by Gasteiger charge is 2.17. The molecule has 1 unspecified atom stereocenters. The van der Waals surface area contributed by atoms with Crippen molar-refractivity contribution >= 4 is 27.3 Å². The fourth-order valence-corrected chi connectivity index (χ4v) is 4.19. The molecule has 2 rings (SSSR count). The molecule has 1 heterocycles. The second-order valence-electron chi connectivity index (χ2n) is 5.49. The number of hydrogen-bond donors (Lipinski definition) is 1. The maximum Gasteiger partial charge on any atom is 0.0731 e. The van der Waals surface area contributed by atoms with Crippen molar-refractivity contribution in [2.24, 2.45) is 0 Å². The average molecular weight is 366 g/mol. The van der Waals surface area contributed by atoms with Gasteiger partial charge >= 0.3 is 0 Å². The molecular formula is C18H24BrNS. The lowest BCUT2D eigenvalue weighted by Gasteiger charge is -2.18. The van der Waals surface area contributed by atoms with Crippen LogP contribution in [0, 0.1) is 6.92 Å². The van der Waals surface area contributed by atoms with Crippen molar-refractivity contribution in [2.45, 2.75) is 46.1 Å². The normalized spacial score (nSPS) is 12.6. The van der Waals surface area contributed by atoms with Gasteiger partial charge < -0.3 is 5.32 Å². The fourth-order valence-electron chi connectivity index (χ4n) is 2.51. The minimum absolute atomic E-state index is 0.303. The highest BCUT2D eigenvalue weighted by atomic mass is 79.9. The van der Waals surface area contributed by atoms with Gasteiger partial charge in [0.1, 0.15) is 0 Å². The molecule has 1 N–H and O–H groups in total. The quantitative estimate of drug-likeness (QED) is 0.647. The van der Waals surface area contributed by atoms with Gasteiger partial charge in [0.05, 0.1) is 9.83 Å². The van der Waals surface area contributed by atoms with Gasteiger partial charge in [-0.15, -0.1) is 11.3 Å². The van der Waals surface area contributed by atoms with Crippen molar-refractivity contribution in [1.82, 2.24) is 5.32 Å². The second-order valence-corrected chi connectivity index (χ2v) is 7.89. The summed E-state index contributed by atoms with van der Waals surface area (Å²) >= 11 is 5.50. The van der Waals surface area contributed by atoms with Crippen molar-refractivity contribution < 1.29 is 0 Å². The lowest BCUT2D eigenvalue weighted by molar-refractivity contribution is 0.605. The van der Waals surface area contributed by atoms with Gasteiger partial charge in [0.2, 0.25) is 0 Å². The number of thiophene rings is 1. The lowest BCUT2D eigenvalue weighted by atomic mass is 10.00. The first-order valence-electron chi connectivity index (χ1n) is 7.73. The lowest BCUT2D eigenvalue weighted by Crippen LogP contribution is -2.22. The molecule has 21 heavy (non-hydrogen) atoms. The molecule has 1 aromatic heterocycles. The van der Waals surface area contributed by atoms with Gasteiger partial charge in [-0.25, -0.2) is 0 Å². The predicted octanol–water partition coefficient (Wildman–Crippen LogP) is 5.86. The summed E-state index contributed by atoms with van der Waals surface area (Å²) < 4.78 is 1.24. The fraction of sp³-hybridized carbons (Fsp3) is 0.444. The van der Waals surface area contributed by atoms with E-state index in [4.69, 9.17) is 0 Å². The van der Waals surface area contributed by atoms with E-state index < -0.39 is 0 Å². The van der Waals surface area contributed by atoms with E-state index in [2.05, 4.69) is 72.3 Å². The third-order valence-electron chi connectivity index (χ3n) is 3.58. The first-order valence-corrected chi connectivity index (χ1v) is 9.34. The van der Waals surface area contributed by atoms with E-state index in [1.807, 2.05) is 11.3 Å². The third kappa shape index (κ3) is 4.41. The molecule has 0 radical (unpaired) electrons. The van der Waals surface area contributed by atoms with Gasteiger partial charge in [-0.2, -0.15) is 0 Å². The Balaban J connectivity index is 2.32. The number of halogens is 1. The van der Waals surface area contributed by atoms with Crippen molar-refractivity contribution in [1.29, 1.82) is 0 Å². The highest BCUT2D eigenvalue weighted by Crippen LogP contribution is 2.34. The molecule has 3 heteroatoms. The van der Waals surface area contributed by atoms with Crippen LogP contribution in [0.5, 0.6) is 0 Å². The minimum Gasteiger partial charge on any atom is -0.306 e. The van der Waals surface area contributed by atoms with E-state index in [0.717, 1.165) is 19.4 Å². The Morgan fingerprint density at radius 2 is 2.00 bits per heavy atom. The van der Waals surface area contributed by atoms with Crippen LogP contribution in [0.25, 0.3) is 0 Å². The van der Waals surface area contributed by atoms with Crippen LogP contribution in [0.1, 0.15) is 54.3 Å². The van der Waals surface area contributed by atoms with Crippen LogP contribution in [0.2, 0.25) is 0 Å². The van der Waals surface area contributed by atoms with Crippen molar-refractivity contribution in [3.8, 4) is 0 Å². The van der Waals surface area contributed by atoms with Gasteiger partial charge in [0.15, 0.2) is 0 Å². The number of rotatable bonds is 7. The molecule has 0 aliphatic rings. The number of hydrogen-bond acceptors (Lipinski definition) is 2. The van der Waals surface area contributed by atoms with Gasteiger partial charge in [0, 0.05) is 4.88 Å². The Morgan fingerprint density at radius 1 is 1.19 bits per heavy atom. The third-order valence-corrected chi connectivity index (χ3v) is 5.78. The second kappa shape index (κ2) is 8.11. The number of aryl methyl sites for hydroxylation is 2. The summed E-state index contributed by atoms with van der Waals surface area (Å²) in [7, 11) is 0. The molecule has 0 fully saturated rings. The first-order chi connectivity index (χ1) is 10.2. The Morgan fingerprint density at radius 3 is 2.62 bits per heavy atom. The van der Waals surface area contributed by atoms with E-state index in [9.17, 15) is 0 Å². The average Bonchev–Trinajstić information content (AvgIpc) is 2.80. The van der Waals surface area contributed by atoms with Crippen molar-refractivity contribution in [3.63, 3.8) is 0 Å². The summed E-state index contributed by atoms with van der Waals surface area (Å²) in [5.41, 5.74) is 4.14. The predicted molar refractivity (Wildman–Crippen MR) is 97.3 cm³/mol. The molecule has 2 aromatic rings. The molecular weight excluding hydrogens is 342 g/mol. The molecule has 0 aliphatic carbocycles. The van der Waals surface area contributed by atoms with Crippen LogP contribution in [0.15, 0.2) is 34.1 Å². The Kier molecular flexibility index (Phi) is 6.46. The van der Waals surface area contributed by atoms with Gasteiger partial charge in [-0.05, 0) is 65.0 Å². The summed E-state index contributed by atoms with van der Waals surface area (Å²) in [5, 5.41) is 3.70. The molecule has 0 aliphatic heterocycles. The van der Waals surface area contributed by atoms with Crippen LogP contribution >= 0.6 is 27.3 Å². The summed E-state index contributed by atoms with van der Waals surface area (Å²) in [6, 6.07) is 11.6. The molecule has 0 spiro atoms. The minimum atomic E-state index is 0.303. The SMILES string of the molecule is CCCNC(c1cccc(CCC)c1)c1cc(C)c(Br)s1. The van der Waals surface area contributed by atoms with Crippen LogP contribution in [-0.4, -0.2) is 6.54 Å². The zero-order valence-corrected chi connectivity index (χ0v) is 15.5. The van der Waals surface area contributed by atoms with Gasteiger partial charge in [-0.1, -0.05) is 44.5 Å². The zero-order chi connectivity index (χ0) is 15.2. The monoisotopic (exact) mass is 365 g/mol. The van der Waals surface area contributed by atoms with E-state index in [1.54, 1.807) is 0 Å². The maximum atomic E-state index is 3.70. The topological polar surface area (TPSA) is 12.0 Å². The van der Waals surface area contributed by atoms with E-state index in [0.29, 0.717) is 6.04 Å². The summed E-state index contributed by atoms with van der Waals surface area (Å²) in [4.78, 5) is 1.39. The smallest absolute Gasteiger partial charge is 0.0731 e. The molecule has 1 atom stereocenters. The zero-order valence-electron chi connectivity index (χ0n) is 13.1. The largest absolute Gasteiger partial charge is 0.306 e. The summed E-state index contributed by atoms with van der Waals surface area (Å²) in [5.74, 6) is 0. The van der Waals surface area contributed by atoms with E-state index >= 15 is 0 Å². The molecule has 114 valence electrons. The van der Waals surface area contributed by atoms with Crippen LogP contribution in [0.4, 0.5) is 0 Å². The Bertz CT molecular complexity index is 557. The van der Waals surface area contributed by atoms with Gasteiger partial charge in [0.25, 0.3) is 0 Å². The van der Waals surface area contributed by atoms with E-state index in [1.165, 1.54) is 31.8 Å². The van der Waals surface area contributed by atoms with Gasteiger partial charge in [-0.3, -0.25) is 0 Å². The summed E-state index contributed by atoms with van der Waals surface area (Å²) in [6.45, 7) is 7.65. The molecule has 0 saturated heterocycles.